The van der Waals surface area contributed by atoms with Crippen LogP contribution >= 0.6 is 0 Å². The fourth-order valence-electron chi connectivity index (χ4n) is 2.41. The molecule has 2 atom stereocenters. The predicted molar refractivity (Wildman–Crippen MR) is 110 cm³/mol. The lowest BCUT2D eigenvalue weighted by Crippen LogP contribution is -2.48. The summed E-state index contributed by atoms with van der Waals surface area (Å²) in [7, 11) is -4.00. The predicted octanol–water partition coefficient (Wildman–Crippen LogP) is 2.12. The Morgan fingerprint density at radius 1 is 0.929 bits per heavy atom. The van der Waals surface area contributed by atoms with Crippen LogP contribution in [0.5, 0.6) is 0 Å². The quantitative estimate of drug-likeness (QED) is 0.616. The van der Waals surface area contributed by atoms with Crippen molar-refractivity contribution in [1.29, 1.82) is 0 Å². The van der Waals surface area contributed by atoms with E-state index in [1.54, 1.807) is 12.1 Å². The molecule has 2 unspecified atom stereocenters. The molecular formula is C20H33N3O4S. The van der Waals surface area contributed by atoms with E-state index in [4.69, 9.17) is 0 Å². The van der Waals surface area contributed by atoms with Gasteiger partial charge in [-0.2, -0.15) is 4.31 Å². The molecule has 1 aromatic rings. The summed E-state index contributed by atoms with van der Waals surface area (Å²) in [5, 5.41) is 5.51. The van der Waals surface area contributed by atoms with Crippen LogP contribution in [0.4, 0.5) is 0 Å². The van der Waals surface area contributed by atoms with Gasteiger partial charge in [0.05, 0.1) is 18.0 Å². The first-order chi connectivity index (χ1) is 13.0. The van der Waals surface area contributed by atoms with Crippen molar-refractivity contribution in [3.63, 3.8) is 0 Å². The maximum absolute atomic E-state index is 13.1. The second kappa shape index (κ2) is 10.6. The third kappa shape index (κ3) is 6.91. The summed E-state index contributed by atoms with van der Waals surface area (Å²) >= 11 is 0. The molecule has 1 aromatic carbocycles. The summed E-state index contributed by atoms with van der Waals surface area (Å²) in [6.07, 6.45) is 1.45. The van der Waals surface area contributed by atoms with Crippen LogP contribution in [0.25, 0.3) is 0 Å². The summed E-state index contributed by atoms with van der Waals surface area (Å²) in [5.74, 6) is -0.865. The fraction of sp³-hybridized carbons (Fsp3) is 0.600. The lowest BCUT2D eigenvalue weighted by molar-refractivity contribution is -0.124. The van der Waals surface area contributed by atoms with Crippen molar-refractivity contribution in [2.75, 3.05) is 13.1 Å². The highest BCUT2D eigenvalue weighted by molar-refractivity contribution is 7.89. The van der Waals surface area contributed by atoms with Gasteiger partial charge in [0, 0.05) is 12.1 Å². The van der Waals surface area contributed by atoms with Crippen LogP contribution in [0, 0.1) is 13.8 Å². The molecule has 0 aliphatic heterocycles. The van der Waals surface area contributed by atoms with Crippen LogP contribution in [-0.4, -0.2) is 49.7 Å². The zero-order chi connectivity index (χ0) is 21.5. The monoisotopic (exact) mass is 411 g/mol. The SMILES string of the molecule is CCC(C)NC(=O)CN(CC(=O)NC(C)CC)S(=O)(=O)c1ccc(C)c(C)c1. The van der Waals surface area contributed by atoms with E-state index in [1.165, 1.54) is 6.07 Å². The number of rotatable bonds is 10. The third-order valence-electron chi connectivity index (χ3n) is 4.80. The Hall–Kier alpha value is -1.93. The van der Waals surface area contributed by atoms with Crippen LogP contribution in [0.3, 0.4) is 0 Å². The lowest BCUT2D eigenvalue weighted by atomic mass is 10.1. The van der Waals surface area contributed by atoms with Crippen molar-refractivity contribution in [3.05, 3.63) is 29.3 Å². The van der Waals surface area contributed by atoms with Crippen molar-refractivity contribution in [2.45, 2.75) is 71.4 Å². The van der Waals surface area contributed by atoms with Crippen LogP contribution in [0.2, 0.25) is 0 Å². The van der Waals surface area contributed by atoms with E-state index >= 15 is 0 Å². The molecule has 7 nitrogen and oxygen atoms in total. The summed E-state index contributed by atoms with van der Waals surface area (Å²) < 4.78 is 27.2. The van der Waals surface area contributed by atoms with Gasteiger partial charge < -0.3 is 10.6 Å². The maximum Gasteiger partial charge on any atom is 0.244 e. The first-order valence-corrected chi connectivity index (χ1v) is 11.1. The molecule has 0 fully saturated rings. The van der Waals surface area contributed by atoms with Gasteiger partial charge in [-0.1, -0.05) is 19.9 Å². The van der Waals surface area contributed by atoms with Gasteiger partial charge in [0.25, 0.3) is 0 Å². The molecule has 1 rings (SSSR count). The number of carbonyl (C=O) groups is 2. The lowest BCUT2D eigenvalue weighted by Gasteiger charge is -2.23. The zero-order valence-corrected chi connectivity index (χ0v) is 18.5. The highest BCUT2D eigenvalue weighted by Crippen LogP contribution is 2.19. The van der Waals surface area contributed by atoms with Crippen LogP contribution in [0.1, 0.15) is 51.7 Å². The fourth-order valence-corrected chi connectivity index (χ4v) is 3.85. The van der Waals surface area contributed by atoms with Crippen LogP contribution in [0.15, 0.2) is 23.1 Å². The van der Waals surface area contributed by atoms with E-state index in [9.17, 15) is 18.0 Å². The van der Waals surface area contributed by atoms with Crippen molar-refractivity contribution in [1.82, 2.24) is 14.9 Å². The molecule has 158 valence electrons. The molecule has 28 heavy (non-hydrogen) atoms. The average molecular weight is 412 g/mol. The minimum Gasteiger partial charge on any atom is -0.353 e. The minimum atomic E-state index is -4.00. The van der Waals surface area contributed by atoms with Gasteiger partial charge in [0.2, 0.25) is 21.8 Å². The van der Waals surface area contributed by atoms with Crippen molar-refractivity contribution in [2.24, 2.45) is 0 Å². The highest BCUT2D eigenvalue weighted by atomic mass is 32.2. The first-order valence-electron chi connectivity index (χ1n) is 9.67. The summed E-state index contributed by atoms with van der Waals surface area (Å²) in [4.78, 5) is 24.7. The largest absolute Gasteiger partial charge is 0.353 e. The first kappa shape index (κ1) is 24.1. The molecule has 0 saturated heterocycles. The van der Waals surface area contributed by atoms with E-state index in [2.05, 4.69) is 10.6 Å². The molecule has 8 heteroatoms. The average Bonchev–Trinajstić information content (AvgIpc) is 2.62. The number of benzene rings is 1. The van der Waals surface area contributed by atoms with Crippen LogP contribution in [-0.2, 0) is 19.6 Å². The molecule has 0 aliphatic rings. The van der Waals surface area contributed by atoms with E-state index in [1.807, 2.05) is 41.5 Å². The summed E-state index contributed by atoms with van der Waals surface area (Å²) in [5.41, 5.74) is 1.80. The molecule has 0 saturated carbocycles. The van der Waals surface area contributed by atoms with Gasteiger partial charge in [-0.3, -0.25) is 9.59 Å². The topological polar surface area (TPSA) is 95.6 Å². The number of hydrogen-bond acceptors (Lipinski definition) is 4. The molecular weight excluding hydrogens is 378 g/mol. The van der Waals surface area contributed by atoms with E-state index < -0.39 is 34.9 Å². The van der Waals surface area contributed by atoms with E-state index in [0.29, 0.717) is 0 Å². The Labute approximate surface area is 168 Å². The number of amides is 2. The zero-order valence-electron chi connectivity index (χ0n) is 17.7. The van der Waals surface area contributed by atoms with Gasteiger partial charge >= 0.3 is 0 Å². The number of carbonyl (C=O) groups excluding carboxylic acids is 2. The van der Waals surface area contributed by atoms with Gasteiger partial charge in [0.1, 0.15) is 0 Å². The molecule has 0 radical (unpaired) electrons. The van der Waals surface area contributed by atoms with Crippen molar-refractivity contribution >= 4 is 21.8 Å². The van der Waals surface area contributed by atoms with Gasteiger partial charge in [-0.05, 0) is 63.8 Å². The number of nitrogens with zero attached hydrogens (tertiary/aromatic N) is 1. The Kier molecular flexibility index (Phi) is 9.10. The second-order valence-corrected chi connectivity index (χ2v) is 9.21. The smallest absolute Gasteiger partial charge is 0.244 e. The van der Waals surface area contributed by atoms with Gasteiger partial charge in [-0.15, -0.1) is 0 Å². The number of sulfonamides is 1. The molecule has 0 aliphatic carbocycles. The number of aryl methyl sites for hydroxylation is 2. The Morgan fingerprint density at radius 2 is 1.39 bits per heavy atom. The number of nitrogens with one attached hydrogen (secondary N) is 2. The van der Waals surface area contributed by atoms with Crippen molar-refractivity contribution in [3.8, 4) is 0 Å². The summed E-state index contributed by atoms with van der Waals surface area (Å²) in [6.45, 7) is 10.4. The highest BCUT2D eigenvalue weighted by Gasteiger charge is 2.29. The molecule has 0 spiro atoms. The third-order valence-corrected chi connectivity index (χ3v) is 6.58. The van der Waals surface area contributed by atoms with Gasteiger partial charge in [-0.25, -0.2) is 8.42 Å². The maximum atomic E-state index is 13.1. The van der Waals surface area contributed by atoms with E-state index in [-0.39, 0.29) is 17.0 Å². The standard InChI is InChI=1S/C20H33N3O4S/c1-7-16(5)21-19(24)12-23(13-20(25)22-17(6)8-2)28(26,27)18-10-9-14(3)15(4)11-18/h9-11,16-17H,7-8,12-13H2,1-6H3,(H,21,24)(H,22,25). The molecule has 0 bridgehead atoms. The Morgan fingerprint density at radius 3 is 1.79 bits per heavy atom. The molecule has 2 amide bonds. The Balaban J connectivity index is 3.14. The minimum absolute atomic E-state index is 0.0725. The number of hydrogen-bond donors (Lipinski definition) is 2. The van der Waals surface area contributed by atoms with E-state index in [0.717, 1.165) is 28.3 Å². The molecule has 0 aromatic heterocycles. The molecule has 0 heterocycles. The summed E-state index contributed by atoms with van der Waals surface area (Å²) in [6, 6.07) is 4.64. The van der Waals surface area contributed by atoms with Crippen molar-refractivity contribution < 1.29 is 18.0 Å². The van der Waals surface area contributed by atoms with Gasteiger partial charge in [0.15, 0.2) is 0 Å². The molecule has 2 N–H and O–H groups in total. The second-order valence-electron chi connectivity index (χ2n) is 7.27. The van der Waals surface area contributed by atoms with Crippen LogP contribution < -0.4 is 10.6 Å². The normalized spacial score (nSPS) is 13.8. The Bertz CT molecular complexity index is 767.